The monoisotopic (exact) mass is 311 g/mol. The van der Waals surface area contributed by atoms with Gasteiger partial charge in [0.2, 0.25) is 0 Å². The first kappa shape index (κ1) is 17.9. The van der Waals surface area contributed by atoms with Crippen molar-refractivity contribution in [2.45, 2.75) is 57.1 Å². The Hall–Kier alpha value is -1.14. The Bertz CT molecular complexity index is 428. The number of rotatable bonds is 9. The predicted molar refractivity (Wildman–Crippen MR) is 85.3 cm³/mol. The van der Waals surface area contributed by atoms with Crippen LogP contribution in [0.5, 0.6) is 0 Å². The molecule has 1 N–H and O–H groups in total. The van der Waals surface area contributed by atoms with Crippen LogP contribution in [0, 0.1) is 0 Å². The lowest BCUT2D eigenvalue weighted by Gasteiger charge is -2.30. The number of hydrogen-bond acceptors (Lipinski definition) is 6. The molecule has 0 saturated carbocycles. The summed E-state index contributed by atoms with van der Waals surface area (Å²) in [7, 11) is 0. The second-order valence-corrected chi connectivity index (χ2v) is 6.46. The summed E-state index contributed by atoms with van der Waals surface area (Å²) in [5, 5.41) is 4.24. The number of nitrogens with one attached hydrogen (secondary N) is 1. The summed E-state index contributed by atoms with van der Waals surface area (Å²) in [6.07, 6.45) is 6.73. The van der Waals surface area contributed by atoms with Gasteiger partial charge in [0.15, 0.2) is 0 Å². The van der Waals surface area contributed by atoms with Crippen molar-refractivity contribution < 1.29 is 9.53 Å². The van der Waals surface area contributed by atoms with Gasteiger partial charge in [-0.15, -0.1) is 11.8 Å². The molecule has 1 unspecified atom stereocenters. The van der Waals surface area contributed by atoms with Crippen LogP contribution in [0.1, 0.15) is 40.5 Å². The predicted octanol–water partition coefficient (Wildman–Crippen LogP) is 2.67. The maximum Gasteiger partial charge on any atom is 0.326 e. The van der Waals surface area contributed by atoms with Crippen LogP contribution in [-0.2, 0) is 9.53 Å². The van der Waals surface area contributed by atoms with E-state index in [1.807, 2.05) is 27.7 Å². The molecule has 0 aliphatic carbocycles. The van der Waals surface area contributed by atoms with Crippen LogP contribution in [0.2, 0.25) is 0 Å². The molecule has 0 radical (unpaired) electrons. The lowest BCUT2D eigenvalue weighted by Crippen LogP contribution is -2.53. The van der Waals surface area contributed by atoms with E-state index in [1.54, 1.807) is 30.4 Å². The van der Waals surface area contributed by atoms with Crippen molar-refractivity contribution in [3.8, 4) is 0 Å². The molecule has 1 atom stereocenters. The zero-order valence-electron chi connectivity index (χ0n) is 13.3. The van der Waals surface area contributed by atoms with Crippen LogP contribution >= 0.6 is 11.8 Å². The highest BCUT2D eigenvalue weighted by molar-refractivity contribution is 7.99. The number of carbonyl (C=O) groups is 1. The molecule has 0 aliphatic rings. The van der Waals surface area contributed by atoms with Crippen LogP contribution in [0.15, 0.2) is 23.6 Å². The molecule has 0 bridgehead atoms. The molecule has 118 valence electrons. The summed E-state index contributed by atoms with van der Waals surface area (Å²) < 4.78 is 5.19. The number of carbonyl (C=O) groups excluding carboxylic acids is 1. The highest BCUT2D eigenvalue weighted by atomic mass is 32.2. The minimum atomic E-state index is -0.632. The van der Waals surface area contributed by atoms with Crippen LogP contribution in [0.4, 0.5) is 0 Å². The minimum Gasteiger partial charge on any atom is -0.465 e. The summed E-state index contributed by atoms with van der Waals surface area (Å²) in [6, 6.07) is 0.229. The summed E-state index contributed by atoms with van der Waals surface area (Å²) in [4.78, 5) is 20.4. The van der Waals surface area contributed by atoms with Crippen molar-refractivity contribution in [3.63, 3.8) is 0 Å². The second-order valence-electron chi connectivity index (χ2n) is 5.35. The molecule has 0 fully saturated rings. The topological polar surface area (TPSA) is 64.1 Å². The molecule has 6 heteroatoms. The van der Waals surface area contributed by atoms with Gasteiger partial charge in [0.25, 0.3) is 0 Å². The molecule has 21 heavy (non-hydrogen) atoms. The molecule has 1 heterocycles. The molecule has 1 rings (SSSR count). The van der Waals surface area contributed by atoms with Gasteiger partial charge in [-0.25, -0.2) is 4.98 Å². The Morgan fingerprint density at radius 3 is 2.81 bits per heavy atom. The number of ether oxygens (including phenoxy) is 1. The van der Waals surface area contributed by atoms with E-state index in [4.69, 9.17) is 4.74 Å². The average molecular weight is 311 g/mol. The van der Waals surface area contributed by atoms with E-state index in [0.717, 1.165) is 23.6 Å². The Kier molecular flexibility index (Phi) is 7.67. The van der Waals surface area contributed by atoms with Crippen LogP contribution in [-0.4, -0.2) is 39.9 Å². The molecule has 5 nitrogen and oxygen atoms in total. The Balaban J connectivity index is 2.47. The number of nitrogens with zero attached hydrogens (tertiary/aromatic N) is 2. The van der Waals surface area contributed by atoms with Crippen LogP contribution in [0.3, 0.4) is 0 Å². The van der Waals surface area contributed by atoms with Crippen LogP contribution in [0.25, 0.3) is 0 Å². The molecule has 0 amide bonds. The fraction of sp³-hybridized carbons (Fsp3) is 0.667. The Labute approximate surface area is 131 Å². The SMILES string of the molecule is CCOC(=O)C(C)(CCCSc1cnccn1)NC(C)C. The van der Waals surface area contributed by atoms with Crippen LogP contribution < -0.4 is 5.32 Å². The van der Waals surface area contributed by atoms with E-state index in [-0.39, 0.29) is 12.0 Å². The molecular formula is C15H25N3O2S. The molecule has 0 saturated heterocycles. The smallest absolute Gasteiger partial charge is 0.326 e. The first-order chi connectivity index (χ1) is 9.98. The van der Waals surface area contributed by atoms with Crippen molar-refractivity contribution in [3.05, 3.63) is 18.6 Å². The Morgan fingerprint density at radius 1 is 1.48 bits per heavy atom. The average Bonchev–Trinajstić information content (AvgIpc) is 2.44. The Morgan fingerprint density at radius 2 is 2.24 bits per heavy atom. The maximum absolute atomic E-state index is 12.2. The summed E-state index contributed by atoms with van der Waals surface area (Å²) in [5.74, 6) is 0.719. The number of hydrogen-bond donors (Lipinski definition) is 1. The quantitative estimate of drug-likeness (QED) is 0.430. The van der Waals surface area contributed by atoms with Gasteiger partial charge >= 0.3 is 5.97 Å². The van der Waals surface area contributed by atoms with Crippen molar-refractivity contribution >= 4 is 17.7 Å². The van der Waals surface area contributed by atoms with Crippen molar-refractivity contribution in [2.75, 3.05) is 12.4 Å². The van der Waals surface area contributed by atoms with E-state index >= 15 is 0 Å². The molecule has 0 aliphatic heterocycles. The van der Waals surface area contributed by atoms with E-state index in [2.05, 4.69) is 15.3 Å². The summed E-state index contributed by atoms with van der Waals surface area (Å²) in [5.41, 5.74) is -0.632. The normalized spacial score (nSPS) is 14.0. The zero-order valence-corrected chi connectivity index (χ0v) is 14.1. The molecule has 1 aromatic rings. The third-order valence-corrected chi connectivity index (χ3v) is 3.94. The van der Waals surface area contributed by atoms with Gasteiger partial charge in [-0.05, 0) is 46.3 Å². The first-order valence-electron chi connectivity index (χ1n) is 7.31. The highest BCUT2D eigenvalue weighted by Crippen LogP contribution is 2.20. The standard InChI is InChI=1S/C15H25N3O2S/c1-5-20-14(19)15(4,18-12(2)3)7-6-10-21-13-11-16-8-9-17-13/h8-9,11-12,18H,5-7,10H2,1-4H3. The fourth-order valence-corrected chi connectivity index (χ4v) is 2.89. The van der Waals surface area contributed by atoms with Gasteiger partial charge < -0.3 is 4.74 Å². The largest absolute Gasteiger partial charge is 0.465 e. The minimum absolute atomic E-state index is 0.178. The van der Waals surface area contributed by atoms with E-state index in [1.165, 1.54) is 0 Å². The third-order valence-electron chi connectivity index (χ3n) is 2.94. The van der Waals surface area contributed by atoms with Crippen molar-refractivity contribution in [2.24, 2.45) is 0 Å². The highest BCUT2D eigenvalue weighted by Gasteiger charge is 2.34. The number of esters is 1. The maximum atomic E-state index is 12.2. The van der Waals surface area contributed by atoms with Gasteiger partial charge in [0, 0.05) is 18.4 Å². The van der Waals surface area contributed by atoms with Crippen molar-refractivity contribution in [1.29, 1.82) is 0 Å². The van der Waals surface area contributed by atoms with E-state index in [9.17, 15) is 4.79 Å². The van der Waals surface area contributed by atoms with Gasteiger partial charge in [0.05, 0.1) is 12.8 Å². The molecular weight excluding hydrogens is 286 g/mol. The van der Waals surface area contributed by atoms with Gasteiger partial charge in [0.1, 0.15) is 10.6 Å². The summed E-state index contributed by atoms with van der Waals surface area (Å²) in [6.45, 7) is 8.22. The van der Waals surface area contributed by atoms with Crippen molar-refractivity contribution in [1.82, 2.24) is 15.3 Å². The van der Waals surface area contributed by atoms with Gasteiger partial charge in [-0.1, -0.05) is 0 Å². The van der Waals surface area contributed by atoms with E-state index in [0.29, 0.717) is 6.61 Å². The lowest BCUT2D eigenvalue weighted by atomic mass is 9.95. The number of thioether (sulfide) groups is 1. The fourth-order valence-electron chi connectivity index (χ4n) is 2.12. The molecule has 1 aromatic heterocycles. The lowest BCUT2D eigenvalue weighted by molar-refractivity contribution is -0.151. The van der Waals surface area contributed by atoms with E-state index < -0.39 is 5.54 Å². The molecule has 0 spiro atoms. The number of aromatic nitrogens is 2. The zero-order chi connectivity index (χ0) is 15.7. The first-order valence-corrected chi connectivity index (χ1v) is 8.30. The second kappa shape index (κ2) is 9.00. The van der Waals surface area contributed by atoms with Gasteiger partial charge in [-0.2, -0.15) is 0 Å². The third kappa shape index (κ3) is 6.44. The summed E-state index contributed by atoms with van der Waals surface area (Å²) >= 11 is 1.65. The molecule has 0 aromatic carbocycles. The van der Waals surface area contributed by atoms with Gasteiger partial charge in [-0.3, -0.25) is 15.1 Å².